The van der Waals surface area contributed by atoms with Crippen molar-refractivity contribution in [3.63, 3.8) is 0 Å². The monoisotopic (exact) mass is 462 g/mol. The molecule has 23 heavy (non-hydrogen) atoms. The number of hydrogen-bond donors (Lipinski definition) is 2. The minimum Gasteiger partial charge on any atom is -0.354 e. The summed E-state index contributed by atoms with van der Waals surface area (Å²) in [5.74, 6) is -0.775. The Kier molecular flexibility index (Phi) is 6.73. The van der Waals surface area contributed by atoms with Crippen molar-refractivity contribution in [2.24, 2.45) is 0 Å². The maximum Gasteiger partial charge on any atom is 0.261 e. The molecule has 2 rings (SSSR count). The summed E-state index contributed by atoms with van der Waals surface area (Å²) in [5, 5.41) is 5.41. The predicted molar refractivity (Wildman–Crippen MR) is 95.2 cm³/mol. The Bertz CT molecular complexity index is 702. The first-order valence-corrected chi connectivity index (χ1v) is 9.10. The lowest BCUT2D eigenvalue weighted by atomic mass is 10.1. The number of nitrogens with one attached hydrogen (secondary N) is 2. The molecule has 4 nitrogen and oxygen atoms in total. The highest BCUT2D eigenvalue weighted by atomic mass is 79.9. The molecule has 0 aliphatic rings. The van der Waals surface area contributed by atoms with E-state index < -0.39 is 0 Å². The molecule has 0 bridgehead atoms. The molecule has 0 aliphatic heterocycles. The first kappa shape index (κ1) is 18.1. The van der Waals surface area contributed by atoms with Gasteiger partial charge in [-0.3, -0.25) is 9.59 Å². The minimum atomic E-state index is -0.365. The number of amides is 2. The van der Waals surface area contributed by atoms with Gasteiger partial charge in [0.25, 0.3) is 5.91 Å². The summed E-state index contributed by atoms with van der Waals surface area (Å²) >= 11 is 7.98. The summed E-state index contributed by atoms with van der Waals surface area (Å²) in [4.78, 5) is 24.2. The second-order valence-electron chi connectivity index (χ2n) is 4.64. The lowest BCUT2D eigenvalue weighted by molar-refractivity contribution is -0.120. The summed E-state index contributed by atoms with van der Waals surface area (Å²) in [5.41, 5.74) is 0.611. The van der Waals surface area contributed by atoms with E-state index in [0.717, 1.165) is 8.26 Å². The van der Waals surface area contributed by atoms with Gasteiger partial charge in [-0.15, -0.1) is 11.3 Å². The van der Waals surface area contributed by atoms with E-state index >= 15 is 0 Å². The number of carbonyl (C=O) groups is 2. The zero-order chi connectivity index (χ0) is 16.8. The smallest absolute Gasteiger partial charge is 0.261 e. The molecule has 1 heterocycles. The molecule has 122 valence electrons. The maximum atomic E-state index is 13.0. The average molecular weight is 464 g/mol. The molecular weight excluding hydrogens is 451 g/mol. The molecule has 2 N–H and O–H groups in total. The van der Waals surface area contributed by atoms with Crippen LogP contribution in [0.5, 0.6) is 0 Å². The van der Waals surface area contributed by atoms with Gasteiger partial charge >= 0.3 is 0 Å². The fourth-order valence-corrected chi connectivity index (χ4v) is 3.77. The van der Waals surface area contributed by atoms with Crippen molar-refractivity contribution in [3.05, 3.63) is 54.8 Å². The highest BCUT2D eigenvalue weighted by Gasteiger charge is 2.11. The van der Waals surface area contributed by atoms with Crippen LogP contribution < -0.4 is 10.6 Å². The van der Waals surface area contributed by atoms with E-state index in [2.05, 4.69) is 42.5 Å². The molecule has 0 spiro atoms. The Hall–Kier alpha value is -1.25. The third kappa shape index (κ3) is 5.71. The second kappa shape index (κ2) is 8.56. The van der Waals surface area contributed by atoms with Crippen LogP contribution in [0, 0.1) is 5.82 Å². The topological polar surface area (TPSA) is 58.2 Å². The number of rotatable bonds is 6. The van der Waals surface area contributed by atoms with Crippen LogP contribution >= 0.6 is 43.2 Å². The molecule has 1 aromatic heterocycles. The number of halogens is 3. The van der Waals surface area contributed by atoms with Crippen LogP contribution in [0.2, 0.25) is 0 Å². The van der Waals surface area contributed by atoms with Gasteiger partial charge in [0.2, 0.25) is 5.91 Å². The molecule has 0 aliphatic carbocycles. The van der Waals surface area contributed by atoms with Crippen molar-refractivity contribution in [3.8, 4) is 0 Å². The molecule has 0 unspecified atom stereocenters. The normalized spacial score (nSPS) is 10.4. The number of hydrogen-bond acceptors (Lipinski definition) is 3. The van der Waals surface area contributed by atoms with Gasteiger partial charge in [-0.05, 0) is 55.6 Å². The fourth-order valence-electron chi connectivity index (χ4n) is 1.82. The lowest BCUT2D eigenvalue weighted by Crippen LogP contribution is -2.35. The molecule has 0 fully saturated rings. The number of carbonyl (C=O) groups excluding carboxylic acids is 2. The fraction of sp³-hybridized carbons (Fsp3) is 0.200. The molecule has 0 saturated heterocycles. The quantitative estimate of drug-likeness (QED) is 0.644. The molecule has 0 saturated carbocycles. The van der Waals surface area contributed by atoms with E-state index in [1.54, 1.807) is 18.2 Å². The Morgan fingerprint density at radius 1 is 1.13 bits per heavy atom. The summed E-state index contributed by atoms with van der Waals surface area (Å²) in [7, 11) is 0. The summed E-state index contributed by atoms with van der Waals surface area (Å²) < 4.78 is 14.7. The standard InChI is InChI=1S/C15H13Br2FN2O2S/c16-11-8-12(23-14(11)17)15(22)20-5-4-19-13(21)7-9-2-1-3-10(18)6-9/h1-3,6,8H,4-5,7H2,(H,19,21)(H,20,22). The molecule has 0 radical (unpaired) electrons. The predicted octanol–water partition coefficient (Wildman–Crippen LogP) is 3.50. The van der Waals surface area contributed by atoms with Crippen LogP contribution in [0.1, 0.15) is 15.2 Å². The van der Waals surface area contributed by atoms with Crippen LogP contribution in [0.15, 0.2) is 38.6 Å². The van der Waals surface area contributed by atoms with Gasteiger partial charge in [-0.1, -0.05) is 12.1 Å². The van der Waals surface area contributed by atoms with Crippen molar-refractivity contribution < 1.29 is 14.0 Å². The zero-order valence-electron chi connectivity index (χ0n) is 11.9. The van der Waals surface area contributed by atoms with Gasteiger partial charge in [0, 0.05) is 17.6 Å². The Balaban J connectivity index is 1.70. The first-order chi connectivity index (χ1) is 11.0. The van der Waals surface area contributed by atoms with E-state index in [1.165, 1.54) is 23.5 Å². The zero-order valence-corrected chi connectivity index (χ0v) is 15.9. The lowest BCUT2D eigenvalue weighted by Gasteiger charge is -2.06. The molecule has 0 atom stereocenters. The van der Waals surface area contributed by atoms with Crippen molar-refractivity contribution in [1.29, 1.82) is 0 Å². The average Bonchev–Trinajstić information content (AvgIpc) is 2.83. The van der Waals surface area contributed by atoms with Crippen LogP contribution in [-0.2, 0) is 11.2 Å². The largest absolute Gasteiger partial charge is 0.354 e. The first-order valence-electron chi connectivity index (χ1n) is 6.70. The molecule has 8 heteroatoms. The summed E-state index contributed by atoms with van der Waals surface area (Å²) in [6.07, 6.45) is 0.108. The van der Waals surface area contributed by atoms with Crippen molar-refractivity contribution in [2.45, 2.75) is 6.42 Å². The molecule has 2 amide bonds. The van der Waals surface area contributed by atoms with Gasteiger partial charge in [-0.2, -0.15) is 0 Å². The minimum absolute atomic E-state index is 0.108. The number of thiophene rings is 1. The van der Waals surface area contributed by atoms with Crippen LogP contribution in [-0.4, -0.2) is 24.9 Å². The highest BCUT2D eigenvalue weighted by Crippen LogP contribution is 2.32. The number of benzene rings is 1. The SMILES string of the molecule is O=C(Cc1cccc(F)c1)NCCNC(=O)c1cc(Br)c(Br)s1. The van der Waals surface area contributed by atoms with Gasteiger partial charge in [0.1, 0.15) is 5.82 Å². The van der Waals surface area contributed by atoms with Crippen LogP contribution in [0.3, 0.4) is 0 Å². The van der Waals surface area contributed by atoms with E-state index in [4.69, 9.17) is 0 Å². The Labute approximate surface area is 153 Å². The van der Waals surface area contributed by atoms with E-state index in [1.807, 2.05) is 0 Å². The Morgan fingerprint density at radius 2 is 1.87 bits per heavy atom. The van der Waals surface area contributed by atoms with E-state index in [9.17, 15) is 14.0 Å². The molecule has 1 aromatic carbocycles. The third-order valence-electron chi connectivity index (χ3n) is 2.86. The molecular formula is C15H13Br2FN2O2S. The third-order valence-corrected chi connectivity index (χ3v) is 6.11. The van der Waals surface area contributed by atoms with Gasteiger partial charge in [0.15, 0.2) is 0 Å². The Morgan fingerprint density at radius 3 is 2.52 bits per heavy atom. The van der Waals surface area contributed by atoms with E-state index in [0.29, 0.717) is 23.5 Å². The van der Waals surface area contributed by atoms with Crippen molar-refractivity contribution >= 4 is 55.0 Å². The highest BCUT2D eigenvalue weighted by molar-refractivity contribution is 9.13. The van der Waals surface area contributed by atoms with E-state index in [-0.39, 0.29) is 24.1 Å². The summed E-state index contributed by atoms with van der Waals surface area (Å²) in [6.45, 7) is 0.633. The van der Waals surface area contributed by atoms with Crippen molar-refractivity contribution in [1.82, 2.24) is 10.6 Å². The van der Waals surface area contributed by atoms with Gasteiger partial charge < -0.3 is 10.6 Å². The van der Waals surface area contributed by atoms with Crippen LogP contribution in [0.4, 0.5) is 4.39 Å². The van der Waals surface area contributed by atoms with Gasteiger partial charge in [-0.25, -0.2) is 4.39 Å². The van der Waals surface area contributed by atoms with Crippen molar-refractivity contribution in [2.75, 3.05) is 13.1 Å². The maximum absolute atomic E-state index is 13.0. The van der Waals surface area contributed by atoms with Gasteiger partial charge in [0.05, 0.1) is 15.1 Å². The van der Waals surface area contributed by atoms with Crippen LogP contribution in [0.25, 0.3) is 0 Å². The molecule has 2 aromatic rings. The summed E-state index contributed by atoms with van der Waals surface area (Å²) in [6, 6.07) is 7.64. The second-order valence-corrected chi connectivity index (χ2v) is 7.87.